The second-order valence-corrected chi connectivity index (χ2v) is 8.83. The first-order valence-corrected chi connectivity index (χ1v) is 10.2. The quantitative estimate of drug-likeness (QED) is 0.807. The molecule has 8 heteroatoms. The lowest BCUT2D eigenvalue weighted by Gasteiger charge is -2.52. The predicted octanol–water partition coefficient (Wildman–Crippen LogP) is 1.41. The van der Waals surface area contributed by atoms with Gasteiger partial charge in [0.15, 0.2) is 5.69 Å². The number of likely N-dealkylation sites (tertiary alicyclic amines) is 1. The van der Waals surface area contributed by atoms with Gasteiger partial charge in [0.25, 0.3) is 5.91 Å². The summed E-state index contributed by atoms with van der Waals surface area (Å²) in [4.78, 5) is 27.0. The van der Waals surface area contributed by atoms with Crippen LogP contribution in [-0.4, -0.2) is 63.9 Å². The van der Waals surface area contributed by atoms with Gasteiger partial charge in [-0.25, -0.2) is 0 Å². The number of nitrogens with one attached hydrogen (secondary N) is 1. The molecular weight excluding hydrogens is 362 g/mol. The van der Waals surface area contributed by atoms with Gasteiger partial charge in [0.1, 0.15) is 11.9 Å². The molecule has 1 spiro atoms. The molecule has 3 aliphatic rings. The van der Waals surface area contributed by atoms with E-state index in [4.69, 9.17) is 9.26 Å². The van der Waals surface area contributed by atoms with Crippen LogP contribution in [0.1, 0.15) is 61.7 Å². The minimum Gasteiger partial charge on any atom is -0.388 e. The number of amides is 2. The first kappa shape index (κ1) is 19.4. The van der Waals surface area contributed by atoms with Crippen molar-refractivity contribution in [2.45, 2.75) is 69.6 Å². The zero-order chi connectivity index (χ0) is 19.9. The Bertz CT molecular complexity index is 751. The number of aromatic nitrogens is 1. The third-order valence-corrected chi connectivity index (χ3v) is 6.67. The number of nitrogens with zero attached hydrogens (tertiary/aromatic N) is 2. The molecule has 4 rings (SSSR count). The van der Waals surface area contributed by atoms with Crippen molar-refractivity contribution in [2.75, 3.05) is 19.7 Å². The third kappa shape index (κ3) is 3.55. The van der Waals surface area contributed by atoms with Crippen LogP contribution in [0, 0.1) is 12.8 Å². The standard InChI is InChI=1S/C20H29N3O5/c1-13-10-15(22-28-13)17(25)21-19(2)12-20(27-11-16(19)24)6-8-23(9-7-20)18(26)14-4-3-5-14/h10,14,16,24H,3-9,11-12H2,1-2H3,(H,21,25)/t16-,19-/m1/s1. The molecule has 3 heterocycles. The Kier molecular flexibility index (Phi) is 4.95. The lowest BCUT2D eigenvalue weighted by atomic mass is 9.74. The van der Waals surface area contributed by atoms with Crippen LogP contribution in [-0.2, 0) is 9.53 Å². The van der Waals surface area contributed by atoms with Crippen molar-refractivity contribution in [1.82, 2.24) is 15.4 Å². The zero-order valence-corrected chi connectivity index (χ0v) is 16.6. The summed E-state index contributed by atoms with van der Waals surface area (Å²) < 4.78 is 11.0. The highest BCUT2D eigenvalue weighted by Crippen LogP contribution is 2.40. The summed E-state index contributed by atoms with van der Waals surface area (Å²) in [5.41, 5.74) is -1.06. The molecule has 3 fully saturated rings. The zero-order valence-electron chi connectivity index (χ0n) is 16.6. The average molecular weight is 391 g/mol. The largest absolute Gasteiger partial charge is 0.388 e. The summed E-state index contributed by atoms with van der Waals surface area (Å²) in [5, 5.41) is 17.2. The summed E-state index contributed by atoms with van der Waals surface area (Å²) in [6.45, 7) is 5.06. The van der Waals surface area contributed by atoms with E-state index in [0.717, 1.165) is 19.3 Å². The van der Waals surface area contributed by atoms with Crippen molar-refractivity contribution in [2.24, 2.45) is 5.92 Å². The number of aryl methyl sites for hydroxylation is 1. The molecule has 1 aliphatic carbocycles. The first-order valence-electron chi connectivity index (χ1n) is 10.2. The molecule has 154 valence electrons. The maximum atomic E-state index is 12.6. The van der Waals surface area contributed by atoms with Crippen LogP contribution < -0.4 is 5.32 Å². The van der Waals surface area contributed by atoms with Gasteiger partial charge in [0, 0.05) is 31.5 Å². The number of aliphatic hydroxyl groups is 1. The molecule has 1 aromatic heterocycles. The molecule has 0 unspecified atom stereocenters. The van der Waals surface area contributed by atoms with Gasteiger partial charge >= 0.3 is 0 Å². The van der Waals surface area contributed by atoms with Gasteiger partial charge in [-0.3, -0.25) is 9.59 Å². The average Bonchev–Trinajstić information content (AvgIpc) is 3.04. The molecule has 2 N–H and O–H groups in total. The van der Waals surface area contributed by atoms with E-state index < -0.39 is 17.2 Å². The molecule has 0 bridgehead atoms. The summed E-state index contributed by atoms with van der Waals surface area (Å²) in [7, 11) is 0. The molecule has 1 aromatic rings. The minimum absolute atomic E-state index is 0.158. The summed E-state index contributed by atoms with van der Waals surface area (Å²) in [6, 6.07) is 1.57. The van der Waals surface area contributed by atoms with E-state index in [1.54, 1.807) is 13.0 Å². The van der Waals surface area contributed by atoms with E-state index in [9.17, 15) is 14.7 Å². The Morgan fingerprint density at radius 1 is 1.32 bits per heavy atom. The van der Waals surface area contributed by atoms with Gasteiger partial charge in [0.2, 0.25) is 5.91 Å². The number of carbonyl (C=O) groups excluding carboxylic acids is 2. The lowest BCUT2D eigenvalue weighted by molar-refractivity contribution is -0.181. The Balaban J connectivity index is 1.41. The van der Waals surface area contributed by atoms with E-state index >= 15 is 0 Å². The van der Waals surface area contributed by atoms with Crippen LogP contribution in [0.5, 0.6) is 0 Å². The van der Waals surface area contributed by atoms with E-state index in [-0.39, 0.29) is 30.0 Å². The topological polar surface area (TPSA) is 105 Å². The highest BCUT2D eigenvalue weighted by Gasteiger charge is 2.51. The van der Waals surface area contributed by atoms with Crippen molar-refractivity contribution < 1.29 is 24.0 Å². The van der Waals surface area contributed by atoms with Crippen LogP contribution in [0.3, 0.4) is 0 Å². The third-order valence-electron chi connectivity index (χ3n) is 6.67. The van der Waals surface area contributed by atoms with E-state index in [0.29, 0.717) is 38.1 Å². The fraction of sp³-hybridized carbons (Fsp3) is 0.750. The molecular formula is C20H29N3O5. The van der Waals surface area contributed by atoms with Crippen LogP contribution in [0.4, 0.5) is 0 Å². The fourth-order valence-electron chi connectivity index (χ4n) is 4.57. The van der Waals surface area contributed by atoms with Crippen LogP contribution >= 0.6 is 0 Å². The predicted molar refractivity (Wildman–Crippen MR) is 99.6 cm³/mol. The highest BCUT2D eigenvalue weighted by molar-refractivity contribution is 5.92. The molecule has 0 radical (unpaired) electrons. The van der Waals surface area contributed by atoms with Crippen LogP contribution in [0.15, 0.2) is 10.6 Å². The molecule has 1 saturated carbocycles. The number of ether oxygens (including phenoxy) is 1. The maximum Gasteiger partial charge on any atom is 0.273 e. The lowest BCUT2D eigenvalue weighted by Crippen LogP contribution is -2.66. The smallest absolute Gasteiger partial charge is 0.273 e. The molecule has 2 aliphatic heterocycles. The molecule has 8 nitrogen and oxygen atoms in total. The highest BCUT2D eigenvalue weighted by atomic mass is 16.5. The number of piperidine rings is 1. The number of hydrogen-bond acceptors (Lipinski definition) is 6. The molecule has 0 aromatic carbocycles. The van der Waals surface area contributed by atoms with Crippen molar-refractivity contribution in [3.8, 4) is 0 Å². The Morgan fingerprint density at radius 3 is 2.61 bits per heavy atom. The molecule has 2 amide bonds. The van der Waals surface area contributed by atoms with Gasteiger partial charge in [-0.15, -0.1) is 0 Å². The molecule has 2 atom stereocenters. The SMILES string of the molecule is Cc1cc(C(=O)N[C@]2(C)CC3(CCN(C(=O)C4CCC4)CC3)OC[C@H]2O)no1. The van der Waals surface area contributed by atoms with E-state index in [1.165, 1.54) is 0 Å². The van der Waals surface area contributed by atoms with Gasteiger partial charge in [-0.05, 0) is 39.5 Å². The molecule has 28 heavy (non-hydrogen) atoms. The monoisotopic (exact) mass is 391 g/mol. The minimum atomic E-state index is -0.831. The second-order valence-electron chi connectivity index (χ2n) is 8.83. The van der Waals surface area contributed by atoms with Crippen molar-refractivity contribution in [3.05, 3.63) is 17.5 Å². The maximum absolute atomic E-state index is 12.6. The molecule has 2 saturated heterocycles. The van der Waals surface area contributed by atoms with Crippen LogP contribution in [0.25, 0.3) is 0 Å². The normalized spacial score (nSPS) is 30.1. The Morgan fingerprint density at radius 2 is 2.04 bits per heavy atom. The van der Waals surface area contributed by atoms with Gasteiger partial charge in [-0.1, -0.05) is 11.6 Å². The number of carbonyl (C=O) groups is 2. The Hall–Kier alpha value is -1.93. The van der Waals surface area contributed by atoms with Gasteiger partial charge in [0.05, 0.1) is 17.7 Å². The first-order chi connectivity index (χ1) is 13.3. The summed E-state index contributed by atoms with van der Waals surface area (Å²) in [5.74, 6) is 0.670. The number of rotatable bonds is 3. The van der Waals surface area contributed by atoms with Crippen molar-refractivity contribution >= 4 is 11.8 Å². The van der Waals surface area contributed by atoms with Crippen molar-refractivity contribution in [1.29, 1.82) is 0 Å². The fourth-order valence-corrected chi connectivity index (χ4v) is 4.57. The Labute approximate surface area is 164 Å². The van der Waals surface area contributed by atoms with Crippen molar-refractivity contribution in [3.63, 3.8) is 0 Å². The van der Waals surface area contributed by atoms with Gasteiger partial charge in [-0.2, -0.15) is 0 Å². The number of aliphatic hydroxyl groups excluding tert-OH is 1. The summed E-state index contributed by atoms with van der Waals surface area (Å²) >= 11 is 0. The second kappa shape index (κ2) is 7.15. The number of hydrogen-bond donors (Lipinski definition) is 2. The van der Waals surface area contributed by atoms with E-state index in [1.807, 2.05) is 11.8 Å². The summed E-state index contributed by atoms with van der Waals surface area (Å²) in [6.07, 6.45) is 4.28. The van der Waals surface area contributed by atoms with Gasteiger partial charge < -0.3 is 24.6 Å². The van der Waals surface area contributed by atoms with E-state index in [2.05, 4.69) is 10.5 Å². The van der Waals surface area contributed by atoms with Crippen LogP contribution in [0.2, 0.25) is 0 Å².